The summed E-state index contributed by atoms with van der Waals surface area (Å²) in [4.78, 5) is 22.2. The molecule has 0 saturated carbocycles. The number of nitro groups is 1. The van der Waals surface area contributed by atoms with E-state index in [4.69, 9.17) is 0 Å². The monoisotopic (exact) mass is 459 g/mol. The molecule has 11 heteroatoms. The number of carbonyl (C=O) groups is 1. The Morgan fingerprint density at radius 1 is 1.20 bits per heavy atom. The molecule has 0 aliphatic rings. The van der Waals surface area contributed by atoms with E-state index in [0.29, 0.717) is 9.90 Å². The van der Waals surface area contributed by atoms with E-state index in [1.807, 2.05) is 0 Å². The second kappa shape index (κ2) is 10.9. The Balaban J connectivity index is 1.42. The van der Waals surface area contributed by atoms with Crippen molar-refractivity contribution in [1.82, 2.24) is 15.6 Å². The zero-order valence-corrected chi connectivity index (χ0v) is 18.3. The summed E-state index contributed by atoms with van der Waals surface area (Å²) in [5, 5.41) is 22.8. The number of thioether (sulfide) groups is 2. The van der Waals surface area contributed by atoms with E-state index in [1.54, 1.807) is 23.9 Å². The van der Waals surface area contributed by atoms with Crippen molar-refractivity contribution >= 4 is 52.7 Å². The number of carbonyl (C=O) groups excluding carboxylic acids is 1. The molecule has 3 aromatic rings. The summed E-state index contributed by atoms with van der Waals surface area (Å²) in [5.74, 6) is 0.654. The topological polar surface area (TPSA) is 110 Å². The molecule has 30 heavy (non-hydrogen) atoms. The Bertz CT molecular complexity index is 1050. The Labute approximate surface area is 185 Å². The van der Waals surface area contributed by atoms with E-state index in [0.717, 1.165) is 10.1 Å². The molecule has 0 spiro atoms. The molecule has 1 amide bonds. The number of amides is 1. The van der Waals surface area contributed by atoms with Crippen LogP contribution in [0.15, 0.2) is 62.3 Å². The number of hydrogen-bond acceptors (Lipinski definition) is 9. The quantitative estimate of drug-likeness (QED) is 0.220. The van der Waals surface area contributed by atoms with Gasteiger partial charge in [0.25, 0.3) is 11.6 Å². The molecule has 2 aromatic carbocycles. The molecule has 0 aliphatic heterocycles. The smallest absolute Gasteiger partial charge is 0.270 e. The minimum absolute atomic E-state index is 0.0341. The molecule has 1 aromatic heterocycles. The molecule has 154 valence electrons. The second-order valence-corrected chi connectivity index (χ2v) is 9.46. The van der Waals surface area contributed by atoms with Gasteiger partial charge in [0, 0.05) is 23.4 Å². The summed E-state index contributed by atoms with van der Waals surface area (Å²) in [6.07, 6.45) is 1.36. The standard InChI is InChI=1S/C19H17N5O3S3/c1-13-5-7-14(8-6-13)11-28-18-22-23-19(30-18)29-12-17(25)21-20-10-15-3-2-4-16(9-15)24(26)27/h2-10H,11-12H2,1H3,(H,21,25)/b20-10-. The lowest BCUT2D eigenvalue weighted by molar-refractivity contribution is -0.384. The van der Waals surface area contributed by atoms with Crippen LogP contribution < -0.4 is 5.43 Å². The van der Waals surface area contributed by atoms with Gasteiger partial charge in [-0.1, -0.05) is 76.8 Å². The van der Waals surface area contributed by atoms with Gasteiger partial charge in [0.2, 0.25) is 0 Å². The minimum Gasteiger partial charge on any atom is -0.272 e. The number of nitrogens with one attached hydrogen (secondary N) is 1. The molecule has 0 aliphatic carbocycles. The second-order valence-electron chi connectivity index (χ2n) is 6.04. The summed E-state index contributed by atoms with van der Waals surface area (Å²) in [7, 11) is 0. The van der Waals surface area contributed by atoms with Crippen molar-refractivity contribution in [3.8, 4) is 0 Å². The maximum absolute atomic E-state index is 11.9. The van der Waals surface area contributed by atoms with Crippen LogP contribution in [0.25, 0.3) is 0 Å². The van der Waals surface area contributed by atoms with Gasteiger partial charge >= 0.3 is 0 Å². The van der Waals surface area contributed by atoms with Gasteiger partial charge in [-0.2, -0.15) is 5.10 Å². The minimum atomic E-state index is -0.484. The molecule has 0 unspecified atom stereocenters. The number of hydrogen-bond donors (Lipinski definition) is 1. The van der Waals surface area contributed by atoms with Crippen LogP contribution in [-0.2, 0) is 10.5 Å². The van der Waals surface area contributed by atoms with E-state index >= 15 is 0 Å². The van der Waals surface area contributed by atoms with Crippen LogP contribution in [0.1, 0.15) is 16.7 Å². The first-order valence-corrected chi connectivity index (χ1v) is 11.5. The van der Waals surface area contributed by atoms with Crippen LogP contribution in [0.2, 0.25) is 0 Å². The van der Waals surface area contributed by atoms with Gasteiger partial charge in [-0.15, -0.1) is 10.2 Å². The highest BCUT2D eigenvalue weighted by Gasteiger charge is 2.09. The zero-order valence-electron chi connectivity index (χ0n) is 15.8. The molecule has 0 fully saturated rings. The first kappa shape index (κ1) is 21.9. The van der Waals surface area contributed by atoms with Crippen LogP contribution in [0.5, 0.6) is 0 Å². The molecular weight excluding hydrogens is 442 g/mol. The van der Waals surface area contributed by atoms with Gasteiger partial charge in [-0.3, -0.25) is 14.9 Å². The van der Waals surface area contributed by atoms with Gasteiger partial charge in [-0.25, -0.2) is 5.43 Å². The van der Waals surface area contributed by atoms with Crippen molar-refractivity contribution in [3.63, 3.8) is 0 Å². The maximum Gasteiger partial charge on any atom is 0.270 e. The number of hydrazone groups is 1. The van der Waals surface area contributed by atoms with Gasteiger partial charge in [-0.05, 0) is 12.5 Å². The van der Waals surface area contributed by atoms with Crippen LogP contribution in [0.4, 0.5) is 5.69 Å². The largest absolute Gasteiger partial charge is 0.272 e. The van der Waals surface area contributed by atoms with Crippen molar-refractivity contribution in [2.75, 3.05) is 5.75 Å². The van der Waals surface area contributed by atoms with Gasteiger partial charge in [0.05, 0.1) is 16.9 Å². The van der Waals surface area contributed by atoms with E-state index in [2.05, 4.69) is 51.9 Å². The third-order valence-electron chi connectivity index (χ3n) is 3.68. The average Bonchev–Trinajstić information content (AvgIpc) is 3.20. The van der Waals surface area contributed by atoms with Crippen LogP contribution in [0.3, 0.4) is 0 Å². The van der Waals surface area contributed by atoms with Crippen LogP contribution >= 0.6 is 34.9 Å². The number of nitro benzene ring substituents is 1. The van der Waals surface area contributed by atoms with Crippen molar-refractivity contribution in [2.45, 2.75) is 21.4 Å². The Hall–Kier alpha value is -2.76. The van der Waals surface area contributed by atoms with Crippen LogP contribution in [0, 0.1) is 17.0 Å². The third kappa shape index (κ3) is 6.94. The van der Waals surface area contributed by atoms with Crippen molar-refractivity contribution in [3.05, 3.63) is 75.3 Å². The highest BCUT2D eigenvalue weighted by molar-refractivity contribution is 8.03. The predicted octanol–water partition coefficient (Wildman–Crippen LogP) is 4.29. The van der Waals surface area contributed by atoms with Gasteiger partial charge in [0.15, 0.2) is 8.68 Å². The average molecular weight is 460 g/mol. The summed E-state index contributed by atoms with van der Waals surface area (Å²) >= 11 is 4.33. The lowest BCUT2D eigenvalue weighted by atomic mass is 10.2. The van der Waals surface area contributed by atoms with Crippen LogP contribution in [-0.4, -0.2) is 33.0 Å². The SMILES string of the molecule is Cc1ccc(CSc2nnc(SCC(=O)N/N=C\c3cccc([N+](=O)[O-])c3)s2)cc1. The first-order valence-electron chi connectivity index (χ1n) is 8.70. The number of nitrogens with zero attached hydrogens (tertiary/aromatic N) is 4. The highest BCUT2D eigenvalue weighted by Crippen LogP contribution is 2.30. The van der Waals surface area contributed by atoms with E-state index in [-0.39, 0.29) is 17.3 Å². The van der Waals surface area contributed by atoms with Gasteiger partial charge < -0.3 is 0 Å². The molecule has 3 rings (SSSR count). The Morgan fingerprint density at radius 3 is 2.67 bits per heavy atom. The fourth-order valence-corrected chi connectivity index (χ4v) is 4.97. The first-order chi connectivity index (χ1) is 14.5. The van der Waals surface area contributed by atoms with E-state index in [1.165, 1.54) is 52.6 Å². The van der Waals surface area contributed by atoms with Crippen molar-refractivity contribution in [2.24, 2.45) is 5.10 Å². The Kier molecular flexibility index (Phi) is 7.94. The summed E-state index contributed by atoms with van der Waals surface area (Å²) in [5.41, 5.74) is 5.34. The normalized spacial score (nSPS) is 11.0. The Morgan fingerprint density at radius 2 is 1.93 bits per heavy atom. The number of non-ortho nitro benzene ring substituents is 1. The summed E-state index contributed by atoms with van der Waals surface area (Å²) in [6, 6.07) is 14.3. The molecule has 1 heterocycles. The number of rotatable bonds is 9. The number of aromatic nitrogens is 2. The number of benzene rings is 2. The molecule has 0 atom stereocenters. The summed E-state index contributed by atoms with van der Waals surface area (Å²) in [6.45, 7) is 2.06. The lowest BCUT2D eigenvalue weighted by Crippen LogP contribution is -2.19. The molecule has 0 bridgehead atoms. The van der Waals surface area contributed by atoms with Crippen molar-refractivity contribution in [1.29, 1.82) is 0 Å². The lowest BCUT2D eigenvalue weighted by Gasteiger charge is -1.99. The van der Waals surface area contributed by atoms with E-state index < -0.39 is 4.92 Å². The maximum atomic E-state index is 11.9. The molecule has 0 saturated heterocycles. The zero-order chi connectivity index (χ0) is 21.3. The van der Waals surface area contributed by atoms with Crippen molar-refractivity contribution < 1.29 is 9.72 Å². The number of aryl methyl sites for hydroxylation is 1. The third-order valence-corrected chi connectivity index (χ3v) is 6.94. The summed E-state index contributed by atoms with van der Waals surface area (Å²) < 4.78 is 1.56. The highest BCUT2D eigenvalue weighted by atomic mass is 32.2. The fourth-order valence-electron chi connectivity index (χ4n) is 2.20. The van der Waals surface area contributed by atoms with Gasteiger partial charge in [0.1, 0.15) is 0 Å². The molecule has 8 nitrogen and oxygen atoms in total. The molecular formula is C19H17N5O3S3. The van der Waals surface area contributed by atoms with E-state index in [9.17, 15) is 14.9 Å². The molecule has 1 N–H and O–H groups in total. The molecule has 0 radical (unpaired) electrons. The predicted molar refractivity (Wildman–Crippen MR) is 120 cm³/mol. The fraction of sp³-hybridized carbons (Fsp3) is 0.158.